The summed E-state index contributed by atoms with van der Waals surface area (Å²) >= 11 is 1.40. The molecule has 21 heavy (non-hydrogen) atoms. The molecule has 1 unspecified atom stereocenters. The molecule has 0 spiro atoms. The number of benzene rings is 1. The molecule has 2 heterocycles. The Morgan fingerprint density at radius 1 is 1.33 bits per heavy atom. The van der Waals surface area contributed by atoms with Crippen molar-refractivity contribution in [1.29, 1.82) is 0 Å². The molecule has 3 aromatic rings. The van der Waals surface area contributed by atoms with E-state index in [1.807, 2.05) is 47.4 Å². The Bertz CT molecular complexity index is 690. The molecule has 3 N–H and O–H groups in total. The van der Waals surface area contributed by atoms with Crippen molar-refractivity contribution in [2.24, 2.45) is 0 Å². The molecule has 0 saturated carbocycles. The van der Waals surface area contributed by atoms with Gasteiger partial charge in [0.05, 0.1) is 11.9 Å². The zero-order valence-corrected chi connectivity index (χ0v) is 12.5. The maximum Gasteiger partial charge on any atom is 0.147 e. The molecule has 0 bridgehead atoms. The lowest BCUT2D eigenvalue weighted by Gasteiger charge is -2.15. The minimum absolute atomic E-state index is 0.251. The predicted molar refractivity (Wildman–Crippen MR) is 87.3 cm³/mol. The molecule has 3 rings (SSSR count). The number of nitrogens with two attached hydrogens (primary N) is 1. The Morgan fingerprint density at radius 2 is 2.14 bits per heavy atom. The van der Waals surface area contributed by atoms with E-state index in [9.17, 15) is 0 Å². The fraction of sp³-hybridized carbons (Fsp3) is 0.200. The van der Waals surface area contributed by atoms with Gasteiger partial charge in [-0.1, -0.05) is 30.3 Å². The number of nitrogen functional groups attached to an aromatic ring is 1. The number of rotatable bonds is 5. The molecular formula is C15H17N5S. The van der Waals surface area contributed by atoms with Crippen molar-refractivity contribution >= 4 is 22.4 Å². The number of anilines is 2. The Balaban J connectivity index is 1.80. The van der Waals surface area contributed by atoms with E-state index in [4.69, 9.17) is 5.73 Å². The zero-order chi connectivity index (χ0) is 14.7. The van der Waals surface area contributed by atoms with Crippen molar-refractivity contribution in [2.75, 3.05) is 11.1 Å². The number of nitrogens with zero attached hydrogens (tertiary/aromatic N) is 3. The summed E-state index contributed by atoms with van der Waals surface area (Å²) in [4.78, 5) is 4.06. The van der Waals surface area contributed by atoms with Gasteiger partial charge >= 0.3 is 0 Å². The van der Waals surface area contributed by atoms with Crippen LogP contribution >= 0.6 is 11.5 Å². The highest BCUT2D eigenvalue weighted by Crippen LogP contribution is 2.36. The largest absolute Gasteiger partial charge is 0.382 e. The van der Waals surface area contributed by atoms with E-state index >= 15 is 0 Å². The van der Waals surface area contributed by atoms with Gasteiger partial charge in [-0.3, -0.25) is 0 Å². The van der Waals surface area contributed by atoms with Crippen LogP contribution in [0.25, 0.3) is 11.1 Å². The third-order valence-corrected chi connectivity index (χ3v) is 3.99. The van der Waals surface area contributed by atoms with E-state index in [0.29, 0.717) is 5.82 Å². The van der Waals surface area contributed by atoms with Crippen LogP contribution in [0.1, 0.15) is 6.92 Å². The number of hydrogen-bond donors (Lipinski definition) is 2. The quantitative estimate of drug-likeness (QED) is 0.759. The van der Waals surface area contributed by atoms with E-state index in [1.54, 1.807) is 6.20 Å². The van der Waals surface area contributed by atoms with Gasteiger partial charge in [0.25, 0.3) is 0 Å². The summed E-state index contributed by atoms with van der Waals surface area (Å²) in [6, 6.07) is 10.4. The molecule has 0 amide bonds. The zero-order valence-electron chi connectivity index (χ0n) is 11.7. The summed E-state index contributed by atoms with van der Waals surface area (Å²) in [7, 11) is 0. The van der Waals surface area contributed by atoms with Crippen LogP contribution in [0.5, 0.6) is 0 Å². The van der Waals surface area contributed by atoms with Crippen molar-refractivity contribution in [3.05, 3.63) is 49.1 Å². The van der Waals surface area contributed by atoms with Gasteiger partial charge in [-0.05, 0) is 24.0 Å². The van der Waals surface area contributed by atoms with Gasteiger partial charge in [-0.15, -0.1) is 0 Å². The monoisotopic (exact) mass is 299 g/mol. The Labute approximate surface area is 127 Å². The van der Waals surface area contributed by atoms with Crippen molar-refractivity contribution < 1.29 is 0 Å². The molecule has 1 atom stereocenters. The average molecular weight is 299 g/mol. The molecule has 108 valence electrons. The first-order valence-corrected chi connectivity index (χ1v) is 7.54. The number of imidazole rings is 1. The molecule has 0 aliphatic carbocycles. The van der Waals surface area contributed by atoms with Crippen LogP contribution in [0.15, 0.2) is 49.1 Å². The Morgan fingerprint density at radius 3 is 2.86 bits per heavy atom. The number of aromatic nitrogens is 3. The first-order valence-electron chi connectivity index (χ1n) is 6.77. The van der Waals surface area contributed by atoms with E-state index in [-0.39, 0.29) is 6.04 Å². The van der Waals surface area contributed by atoms with Gasteiger partial charge in [-0.2, -0.15) is 4.37 Å². The second kappa shape index (κ2) is 5.97. The smallest absolute Gasteiger partial charge is 0.147 e. The van der Waals surface area contributed by atoms with Crippen molar-refractivity contribution in [3.8, 4) is 11.1 Å². The lowest BCUT2D eigenvalue weighted by molar-refractivity contribution is 0.620. The van der Waals surface area contributed by atoms with Gasteiger partial charge in [0.1, 0.15) is 10.8 Å². The SMILES string of the molecule is CC(Cn1ccnc1)Nc1snc(N)c1-c1ccccc1. The highest BCUT2D eigenvalue weighted by atomic mass is 32.1. The molecule has 0 radical (unpaired) electrons. The highest BCUT2D eigenvalue weighted by Gasteiger charge is 2.15. The van der Waals surface area contributed by atoms with Gasteiger partial charge in [0.15, 0.2) is 0 Å². The van der Waals surface area contributed by atoms with Crippen LogP contribution in [-0.4, -0.2) is 20.0 Å². The van der Waals surface area contributed by atoms with Crippen LogP contribution in [0.2, 0.25) is 0 Å². The summed E-state index contributed by atoms with van der Waals surface area (Å²) in [5, 5.41) is 4.50. The summed E-state index contributed by atoms with van der Waals surface area (Å²) in [5.41, 5.74) is 8.10. The van der Waals surface area contributed by atoms with Crippen LogP contribution in [0.4, 0.5) is 10.8 Å². The minimum Gasteiger partial charge on any atom is -0.382 e. The van der Waals surface area contributed by atoms with E-state index < -0.39 is 0 Å². The van der Waals surface area contributed by atoms with Crippen molar-refractivity contribution in [2.45, 2.75) is 19.5 Å². The Kier molecular flexibility index (Phi) is 3.87. The van der Waals surface area contributed by atoms with Crippen LogP contribution in [-0.2, 0) is 6.54 Å². The van der Waals surface area contributed by atoms with Gasteiger partial charge in [0.2, 0.25) is 0 Å². The van der Waals surface area contributed by atoms with Gasteiger partial charge in [0, 0.05) is 25.0 Å². The molecule has 0 saturated heterocycles. The van der Waals surface area contributed by atoms with Gasteiger partial charge in [-0.25, -0.2) is 4.98 Å². The van der Waals surface area contributed by atoms with E-state index in [1.165, 1.54) is 11.5 Å². The fourth-order valence-corrected chi connectivity index (χ4v) is 3.11. The molecule has 5 nitrogen and oxygen atoms in total. The highest BCUT2D eigenvalue weighted by molar-refractivity contribution is 7.11. The average Bonchev–Trinajstić information content (AvgIpc) is 3.10. The normalized spacial score (nSPS) is 12.2. The molecule has 6 heteroatoms. The first-order chi connectivity index (χ1) is 10.2. The predicted octanol–water partition coefficient (Wildman–Crippen LogP) is 3.09. The van der Waals surface area contributed by atoms with Crippen molar-refractivity contribution in [1.82, 2.24) is 13.9 Å². The molecule has 0 fully saturated rings. The third-order valence-electron chi connectivity index (χ3n) is 3.20. The number of nitrogens with one attached hydrogen (secondary N) is 1. The maximum atomic E-state index is 6.03. The molecule has 0 aliphatic heterocycles. The second-order valence-corrected chi connectivity index (χ2v) is 5.72. The molecule has 0 aliphatic rings. The molecule has 1 aromatic carbocycles. The maximum absolute atomic E-state index is 6.03. The number of hydrogen-bond acceptors (Lipinski definition) is 5. The summed E-state index contributed by atoms with van der Waals surface area (Å²) in [6.45, 7) is 2.97. The van der Waals surface area contributed by atoms with Crippen LogP contribution < -0.4 is 11.1 Å². The minimum atomic E-state index is 0.251. The Hall–Kier alpha value is -2.34. The lowest BCUT2D eigenvalue weighted by Crippen LogP contribution is -2.21. The third kappa shape index (κ3) is 3.05. The van der Waals surface area contributed by atoms with Crippen molar-refractivity contribution in [3.63, 3.8) is 0 Å². The van der Waals surface area contributed by atoms with E-state index in [0.717, 1.165) is 22.7 Å². The molecule has 2 aromatic heterocycles. The second-order valence-electron chi connectivity index (χ2n) is 4.94. The van der Waals surface area contributed by atoms with Gasteiger partial charge < -0.3 is 15.6 Å². The van der Waals surface area contributed by atoms with Crippen LogP contribution in [0.3, 0.4) is 0 Å². The summed E-state index contributed by atoms with van der Waals surface area (Å²) < 4.78 is 6.33. The fourth-order valence-electron chi connectivity index (χ4n) is 2.27. The summed E-state index contributed by atoms with van der Waals surface area (Å²) in [5.74, 6) is 0.573. The first kappa shape index (κ1) is 13.6. The lowest BCUT2D eigenvalue weighted by atomic mass is 10.1. The van der Waals surface area contributed by atoms with Crippen LogP contribution in [0, 0.1) is 0 Å². The van der Waals surface area contributed by atoms with E-state index in [2.05, 4.69) is 21.6 Å². The molecular weight excluding hydrogens is 282 g/mol. The standard InChI is InChI=1S/C15H17N5S/c1-11(9-20-8-7-17-10-20)18-15-13(14(16)19-21-15)12-5-3-2-4-6-12/h2-8,10-11,18H,9H2,1H3,(H2,16,19). The topological polar surface area (TPSA) is 68.8 Å². The summed E-state index contributed by atoms with van der Waals surface area (Å²) in [6.07, 6.45) is 5.56.